The lowest BCUT2D eigenvalue weighted by Crippen LogP contribution is -2.53. The number of anilines is 1. The number of sulfonamides is 1. The first-order valence-corrected chi connectivity index (χ1v) is 16.5. The van der Waals surface area contributed by atoms with Crippen LogP contribution < -0.4 is 9.62 Å². The molecule has 4 rings (SSSR count). The normalized spacial score (nSPS) is 12.0. The van der Waals surface area contributed by atoms with Gasteiger partial charge in [0.25, 0.3) is 10.0 Å². The average Bonchev–Trinajstić information content (AvgIpc) is 3.03. The fraction of sp³-hybridized carbons (Fsp3) is 0.257. The Morgan fingerprint density at radius 3 is 2.00 bits per heavy atom. The quantitative estimate of drug-likeness (QED) is 0.184. The van der Waals surface area contributed by atoms with E-state index in [-0.39, 0.29) is 29.7 Å². The molecule has 0 radical (unpaired) electrons. The lowest BCUT2D eigenvalue weighted by molar-refractivity contribution is -0.140. The predicted octanol–water partition coefficient (Wildman–Crippen LogP) is 6.43. The molecule has 1 N–H and O–H groups in total. The Labute approximate surface area is 265 Å². The van der Waals surface area contributed by atoms with E-state index < -0.39 is 28.5 Å². The zero-order chi connectivity index (χ0) is 31.7. The summed E-state index contributed by atoms with van der Waals surface area (Å²) in [5, 5.41) is 3.30. The Balaban J connectivity index is 1.80. The summed E-state index contributed by atoms with van der Waals surface area (Å²) in [6.45, 7) is 5.78. The van der Waals surface area contributed by atoms with Crippen LogP contribution in [0, 0.1) is 0 Å². The number of rotatable bonds is 13. The lowest BCUT2D eigenvalue weighted by Gasteiger charge is -2.34. The van der Waals surface area contributed by atoms with Crippen molar-refractivity contribution in [2.24, 2.45) is 0 Å². The van der Waals surface area contributed by atoms with E-state index in [1.54, 1.807) is 48.5 Å². The van der Waals surface area contributed by atoms with Crippen LogP contribution in [0.4, 0.5) is 5.69 Å². The number of amides is 2. The van der Waals surface area contributed by atoms with Crippen molar-refractivity contribution in [1.82, 2.24) is 10.2 Å². The summed E-state index contributed by atoms with van der Waals surface area (Å²) >= 11 is 6.53. The van der Waals surface area contributed by atoms with Gasteiger partial charge in [-0.15, -0.1) is 0 Å². The fourth-order valence-corrected chi connectivity index (χ4v) is 6.56. The molecule has 4 aromatic rings. The first-order chi connectivity index (χ1) is 21.1. The van der Waals surface area contributed by atoms with Crippen molar-refractivity contribution in [2.45, 2.75) is 50.6 Å². The SMILES string of the molecule is CCNC(=O)C(Cc1ccccc1)N(Cc1ccccc1Cl)C(=O)CN(c1ccc(C(C)C)cc1)S(=O)(=O)c1ccccc1. The van der Waals surface area contributed by atoms with Crippen molar-refractivity contribution in [2.75, 3.05) is 17.4 Å². The van der Waals surface area contributed by atoms with E-state index in [0.29, 0.717) is 22.8 Å². The third-order valence-electron chi connectivity index (χ3n) is 7.38. The van der Waals surface area contributed by atoms with Crippen LogP contribution in [0.15, 0.2) is 114 Å². The first kappa shape index (κ1) is 32.8. The summed E-state index contributed by atoms with van der Waals surface area (Å²) in [5.41, 5.74) is 2.89. The Morgan fingerprint density at radius 2 is 1.41 bits per heavy atom. The largest absolute Gasteiger partial charge is 0.355 e. The standard InChI is InChI=1S/C35H38ClN3O4S/c1-4-37-35(41)33(23-27-13-7-5-8-14-27)38(24-29-15-11-12-18-32(29)36)34(40)25-39(30-21-19-28(20-22-30)26(2)3)44(42,43)31-16-9-6-10-17-31/h5-22,26,33H,4,23-25H2,1-3H3,(H,37,41). The van der Waals surface area contributed by atoms with Crippen LogP contribution in [0.5, 0.6) is 0 Å². The first-order valence-electron chi connectivity index (χ1n) is 14.6. The molecule has 2 amide bonds. The van der Waals surface area contributed by atoms with Crippen molar-refractivity contribution in [3.8, 4) is 0 Å². The zero-order valence-electron chi connectivity index (χ0n) is 25.2. The molecule has 44 heavy (non-hydrogen) atoms. The highest BCUT2D eigenvalue weighted by Gasteiger charge is 2.34. The molecule has 0 aliphatic carbocycles. The second-order valence-corrected chi connectivity index (χ2v) is 13.1. The Kier molecular flexibility index (Phi) is 11.2. The minimum Gasteiger partial charge on any atom is -0.355 e. The molecule has 9 heteroatoms. The topological polar surface area (TPSA) is 86.8 Å². The smallest absolute Gasteiger partial charge is 0.264 e. The highest BCUT2D eigenvalue weighted by Crippen LogP contribution is 2.27. The molecule has 0 aromatic heterocycles. The van der Waals surface area contributed by atoms with Crippen LogP contribution >= 0.6 is 11.6 Å². The third kappa shape index (κ3) is 8.07. The highest BCUT2D eigenvalue weighted by molar-refractivity contribution is 7.92. The van der Waals surface area contributed by atoms with Gasteiger partial charge in [-0.3, -0.25) is 13.9 Å². The number of nitrogens with zero attached hydrogens (tertiary/aromatic N) is 2. The van der Waals surface area contributed by atoms with Crippen LogP contribution in [0.25, 0.3) is 0 Å². The van der Waals surface area contributed by atoms with Gasteiger partial charge in [-0.1, -0.05) is 104 Å². The van der Waals surface area contributed by atoms with Crippen molar-refractivity contribution in [3.63, 3.8) is 0 Å². The highest BCUT2D eigenvalue weighted by atomic mass is 35.5. The maximum atomic E-state index is 14.4. The van der Waals surface area contributed by atoms with E-state index in [4.69, 9.17) is 11.6 Å². The Morgan fingerprint density at radius 1 is 0.818 bits per heavy atom. The summed E-state index contributed by atoms with van der Waals surface area (Å²) in [5.74, 6) is -0.633. The van der Waals surface area contributed by atoms with Gasteiger partial charge in [0.15, 0.2) is 0 Å². The minimum absolute atomic E-state index is 0.0126. The monoisotopic (exact) mass is 631 g/mol. The van der Waals surface area contributed by atoms with Crippen molar-refractivity contribution < 1.29 is 18.0 Å². The number of hydrogen-bond donors (Lipinski definition) is 1. The number of hydrogen-bond acceptors (Lipinski definition) is 4. The minimum atomic E-state index is -4.15. The number of carbonyl (C=O) groups excluding carboxylic acids is 2. The molecule has 0 saturated carbocycles. The van der Waals surface area contributed by atoms with Crippen molar-refractivity contribution in [1.29, 1.82) is 0 Å². The molecule has 0 fully saturated rings. The van der Waals surface area contributed by atoms with Crippen molar-refractivity contribution >= 4 is 39.1 Å². The molecule has 7 nitrogen and oxygen atoms in total. The van der Waals surface area contributed by atoms with Gasteiger partial charge in [0, 0.05) is 24.5 Å². The van der Waals surface area contributed by atoms with Crippen molar-refractivity contribution in [3.05, 3.63) is 131 Å². The summed E-state index contributed by atoms with van der Waals surface area (Å²) < 4.78 is 29.3. The number of nitrogens with one attached hydrogen (secondary N) is 1. The molecule has 1 atom stereocenters. The van der Waals surface area contributed by atoms with Gasteiger partial charge in [-0.05, 0) is 59.9 Å². The van der Waals surface area contributed by atoms with E-state index in [1.807, 2.05) is 55.5 Å². The maximum Gasteiger partial charge on any atom is 0.264 e. The second-order valence-electron chi connectivity index (χ2n) is 10.8. The van der Waals surface area contributed by atoms with Gasteiger partial charge in [0.2, 0.25) is 11.8 Å². The van der Waals surface area contributed by atoms with Gasteiger partial charge < -0.3 is 10.2 Å². The van der Waals surface area contributed by atoms with E-state index >= 15 is 0 Å². The molecule has 230 valence electrons. The molecule has 0 aliphatic rings. The molecule has 1 unspecified atom stereocenters. The maximum absolute atomic E-state index is 14.4. The van der Waals surface area contributed by atoms with Crippen LogP contribution in [0.2, 0.25) is 5.02 Å². The molecule has 0 saturated heterocycles. The van der Waals surface area contributed by atoms with Crippen LogP contribution in [-0.4, -0.2) is 44.3 Å². The van der Waals surface area contributed by atoms with Gasteiger partial charge in [0.05, 0.1) is 10.6 Å². The number of carbonyl (C=O) groups is 2. The summed E-state index contributed by atoms with van der Waals surface area (Å²) in [6, 6.07) is 30.8. The average molecular weight is 632 g/mol. The summed E-state index contributed by atoms with van der Waals surface area (Å²) in [4.78, 5) is 29.5. The molecular formula is C35H38ClN3O4S. The van der Waals surface area contributed by atoms with Gasteiger partial charge >= 0.3 is 0 Å². The Hall–Kier alpha value is -4.14. The van der Waals surface area contributed by atoms with Gasteiger partial charge in [-0.25, -0.2) is 8.42 Å². The van der Waals surface area contributed by atoms with Crippen LogP contribution in [0.3, 0.4) is 0 Å². The molecule has 0 bridgehead atoms. The summed E-state index contributed by atoms with van der Waals surface area (Å²) in [7, 11) is -4.15. The molecule has 0 heterocycles. The summed E-state index contributed by atoms with van der Waals surface area (Å²) in [6.07, 6.45) is 0.234. The molecule has 0 aliphatic heterocycles. The van der Waals surface area contributed by atoms with Gasteiger partial charge in [0.1, 0.15) is 12.6 Å². The molecule has 4 aromatic carbocycles. The predicted molar refractivity (Wildman–Crippen MR) is 176 cm³/mol. The fourth-order valence-electron chi connectivity index (χ4n) is 4.93. The number of halogens is 1. The zero-order valence-corrected chi connectivity index (χ0v) is 26.8. The van der Waals surface area contributed by atoms with Gasteiger partial charge in [-0.2, -0.15) is 0 Å². The van der Waals surface area contributed by atoms with Crippen LogP contribution in [0.1, 0.15) is 43.4 Å². The molecule has 0 spiro atoms. The lowest BCUT2D eigenvalue weighted by atomic mass is 10.0. The van der Waals surface area contributed by atoms with E-state index in [9.17, 15) is 18.0 Å². The number of likely N-dealkylation sites (N-methyl/N-ethyl adjacent to an activating group) is 1. The molecular weight excluding hydrogens is 594 g/mol. The Bertz CT molecular complexity index is 1650. The van der Waals surface area contributed by atoms with Crippen LogP contribution in [-0.2, 0) is 32.6 Å². The second kappa shape index (κ2) is 15.0. The van der Waals surface area contributed by atoms with E-state index in [2.05, 4.69) is 19.2 Å². The van der Waals surface area contributed by atoms with E-state index in [0.717, 1.165) is 15.4 Å². The number of benzene rings is 4. The van der Waals surface area contributed by atoms with E-state index in [1.165, 1.54) is 17.0 Å². The third-order valence-corrected chi connectivity index (χ3v) is 9.54.